The molecule has 0 aromatic heterocycles. The third-order valence-electron chi connectivity index (χ3n) is 3.42. The van der Waals surface area contributed by atoms with Gasteiger partial charge in [0, 0.05) is 19.1 Å². The molecule has 0 aliphatic carbocycles. The van der Waals surface area contributed by atoms with Crippen LogP contribution in [-0.4, -0.2) is 53.3 Å². The zero-order chi connectivity index (χ0) is 16.3. The predicted molar refractivity (Wildman–Crippen MR) is 80.2 cm³/mol. The van der Waals surface area contributed by atoms with Gasteiger partial charge in [0.15, 0.2) is 0 Å². The zero-order valence-electron chi connectivity index (χ0n) is 13.7. The van der Waals surface area contributed by atoms with Gasteiger partial charge in [-0.3, -0.25) is 4.79 Å². The Morgan fingerprint density at radius 2 is 1.90 bits per heavy atom. The molecule has 0 aromatic carbocycles. The van der Waals surface area contributed by atoms with Crippen molar-refractivity contribution >= 4 is 12.1 Å². The average molecular weight is 300 g/mol. The largest absolute Gasteiger partial charge is 0.481 e. The summed E-state index contributed by atoms with van der Waals surface area (Å²) in [6, 6.07) is 0.0122. The van der Waals surface area contributed by atoms with Crippen LogP contribution in [0.5, 0.6) is 0 Å². The first-order valence-corrected chi connectivity index (χ1v) is 7.45. The Morgan fingerprint density at radius 1 is 1.29 bits per heavy atom. The number of carboxylic acid groups (broad SMARTS) is 1. The number of carbonyl (C=O) groups is 2. The maximum Gasteiger partial charge on any atom is 0.407 e. The van der Waals surface area contributed by atoms with Gasteiger partial charge in [-0.15, -0.1) is 0 Å². The lowest BCUT2D eigenvalue weighted by atomic mass is 9.91. The van der Waals surface area contributed by atoms with Gasteiger partial charge in [-0.2, -0.15) is 0 Å². The van der Waals surface area contributed by atoms with Crippen molar-refractivity contribution in [1.29, 1.82) is 0 Å². The fourth-order valence-electron chi connectivity index (χ4n) is 2.42. The monoisotopic (exact) mass is 300 g/mol. The average Bonchev–Trinajstić information content (AvgIpc) is 2.25. The van der Waals surface area contributed by atoms with Gasteiger partial charge in [-0.05, 0) is 54.0 Å². The Kier molecular flexibility index (Phi) is 5.61. The molecule has 21 heavy (non-hydrogen) atoms. The molecule has 6 heteroatoms. The Hall–Kier alpha value is -1.30. The second-order valence-electron chi connectivity index (χ2n) is 7.41. The molecule has 1 amide bonds. The predicted octanol–water partition coefficient (Wildman–Crippen LogP) is 2.09. The van der Waals surface area contributed by atoms with Crippen LogP contribution in [0.25, 0.3) is 0 Å². The van der Waals surface area contributed by atoms with Gasteiger partial charge in [0.2, 0.25) is 0 Å². The Labute approximate surface area is 126 Å². The summed E-state index contributed by atoms with van der Waals surface area (Å²) in [4.78, 5) is 25.1. The second-order valence-corrected chi connectivity index (χ2v) is 7.41. The first-order valence-electron chi connectivity index (χ1n) is 7.45. The number of carbonyl (C=O) groups excluding carboxylic acids is 1. The number of carboxylic acids is 1. The summed E-state index contributed by atoms with van der Waals surface area (Å²) < 4.78 is 5.25. The molecule has 1 fully saturated rings. The molecule has 0 radical (unpaired) electrons. The van der Waals surface area contributed by atoms with E-state index in [1.54, 1.807) is 13.8 Å². The molecular weight excluding hydrogens is 272 g/mol. The fourth-order valence-corrected chi connectivity index (χ4v) is 2.42. The number of likely N-dealkylation sites (tertiary alicyclic amines) is 1. The molecule has 1 aliphatic heterocycles. The number of amides is 1. The van der Waals surface area contributed by atoms with Crippen LogP contribution in [0.2, 0.25) is 0 Å². The number of nitrogens with one attached hydrogen (secondary N) is 1. The van der Waals surface area contributed by atoms with Crippen LogP contribution >= 0.6 is 0 Å². The van der Waals surface area contributed by atoms with E-state index in [1.807, 2.05) is 20.8 Å². The van der Waals surface area contributed by atoms with E-state index < -0.39 is 23.1 Å². The molecule has 0 aromatic rings. The highest BCUT2D eigenvalue weighted by Crippen LogP contribution is 2.20. The first kappa shape index (κ1) is 17.8. The maximum absolute atomic E-state index is 11.8. The highest BCUT2D eigenvalue weighted by atomic mass is 16.6. The van der Waals surface area contributed by atoms with Crippen molar-refractivity contribution < 1.29 is 19.4 Å². The molecule has 1 heterocycles. The van der Waals surface area contributed by atoms with Crippen molar-refractivity contribution in [1.82, 2.24) is 10.2 Å². The minimum absolute atomic E-state index is 0.0122. The second kappa shape index (κ2) is 6.64. The Bertz CT molecular complexity index is 388. The van der Waals surface area contributed by atoms with E-state index in [4.69, 9.17) is 4.74 Å². The molecule has 6 nitrogen and oxygen atoms in total. The number of nitrogens with zero attached hydrogens (tertiary/aromatic N) is 1. The molecule has 1 saturated heterocycles. The highest BCUT2D eigenvalue weighted by molar-refractivity contribution is 5.73. The zero-order valence-corrected chi connectivity index (χ0v) is 13.7. The van der Waals surface area contributed by atoms with Crippen molar-refractivity contribution in [3.05, 3.63) is 0 Å². The van der Waals surface area contributed by atoms with Gasteiger partial charge < -0.3 is 20.1 Å². The lowest BCUT2D eigenvalue weighted by Gasteiger charge is -2.36. The number of piperidine rings is 1. The lowest BCUT2D eigenvalue weighted by molar-refractivity contribution is -0.148. The summed E-state index contributed by atoms with van der Waals surface area (Å²) in [6.45, 7) is 10.9. The number of hydrogen-bond donors (Lipinski definition) is 2. The summed E-state index contributed by atoms with van der Waals surface area (Å²) in [5.41, 5.74) is -1.29. The SMILES string of the molecule is CC(C)(C)OC(=O)NC1CCCN(CC(C)(C)C(=O)O)C1. The van der Waals surface area contributed by atoms with Crippen molar-refractivity contribution in [2.75, 3.05) is 19.6 Å². The van der Waals surface area contributed by atoms with Crippen LogP contribution in [0.1, 0.15) is 47.5 Å². The van der Waals surface area contributed by atoms with Crippen molar-refractivity contribution in [2.45, 2.75) is 59.1 Å². The highest BCUT2D eigenvalue weighted by Gasteiger charge is 2.32. The normalized spacial score (nSPS) is 20.9. The number of rotatable bonds is 4. The van der Waals surface area contributed by atoms with Crippen molar-refractivity contribution in [3.63, 3.8) is 0 Å². The fraction of sp³-hybridized carbons (Fsp3) is 0.867. The van der Waals surface area contributed by atoms with Crippen LogP contribution in [-0.2, 0) is 9.53 Å². The quantitative estimate of drug-likeness (QED) is 0.831. The molecule has 122 valence electrons. The molecule has 1 unspecified atom stereocenters. The van der Waals surface area contributed by atoms with Crippen LogP contribution in [0.3, 0.4) is 0 Å². The van der Waals surface area contributed by atoms with E-state index in [-0.39, 0.29) is 6.04 Å². The van der Waals surface area contributed by atoms with Crippen molar-refractivity contribution in [2.24, 2.45) is 5.41 Å². The Morgan fingerprint density at radius 3 is 2.43 bits per heavy atom. The van der Waals surface area contributed by atoms with Crippen LogP contribution in [0.4, 0.5) is 4.79 Å². The number of alkyl carbamates (subject to hydrolysis) is 1. The third-order valence-corrected chi connectivity index (χ3v) is 3.42. The molecular formula is C15H28N2O4. The molecule has 0 bridgehead atoms. The maximum atomic E-state index is 11.8. The third kappa shape index (κ3) is 6.33. The van der Waals surface area contributed by atoms with E-state index in [9.17, 15) is 14.7 Å². The summed E-state index contributed by atoms with van der Waals surface area (Å²) in [5, 5.41) is 12.1. The van der Waals surface area contributed by atoms with Crippen LogP contribution in [0.15, 0.2) is 0 Å². The van der Waals surface area contributed by atoms with Crippen LogP contribution < -0.4 is 5.32 Å². The van der Waals surface area contributed by atoms with E-state index in [0.29, 0.717) is 13.1 Å². The number of hydrogen-bond acceptors (Lipinski definition) is 4. The van der Waals surface area contributed by atoms with E-state index in [2.05, 4.69) is 10.2 Å². The summed E-state index contributed by atoms with van der Waals surface area (Å²) in [5.74, 6) is -0.801. The van der Waals surface area contributed by atoms with Crippen molar-refractivity contribution in [3.8, 4) is 0 Å². The van der Waals surface area contributed by atoms with Gasteiger partial charge in [0.1, 0.15) is 5.60 Å². The smallest absolute Gasteiger partial charge is 0.407 e. The molecule has 1 rings (SSSR count). The van der Waals surface area contributed by atoms with E-state index >= 15 is 0 Å². The van der Waals surface area contributed by atoms with Gasteiger partial charge in [0.05, 0.1) is 5.41 Å². The van der Waals surface area contributed by atoms with Gasteiger partial charge in [0.25, 0.3) is 0 Å². The summed E-state index contributed by atoms with van der Waals surface area (Å²) >= 11 is 0. The molecule has 1 atom stereocenters. The van der Waals surface area contributed by atoms with Crippen LogP contribution in [0, 0.1) is 5.41 Å². The lowest BCUT2D eigenvalue weighted by Crippen LogP contribution is -2.51. The molecule has 2 N–H and O–H groups in total. The molecule has 0 saturated carbocycles. The summed E-state index contributed by atoms with van der Waals surface area (Å²) in [7, 11) is 0. The minimum atomic E-state index is -0.801. The Balaban J connectivity index is 2.49. The van der Waals surface area contributed by atoms with Gasteiger partial charge in [-0.25, -0.2) is 4.79 Å². The first-order chi connectivity index (χ1) is 9.49. The number of ether oxygens (including phenoxy) is 1. The van der Waals surface area contributed by atoms with Gasteiger partial charge >= 0.3 is 12.1 Å². The molecule has 1 aliphatic rings. The summed E-state index contributed by atoms with van der Waals surface area (Å²) in [6.07, 6.45) is 1.42. The van der Waals surface area contributed by atoms with E-state index in [0.717, 1.165) is 19.4 Å². The topological polar surface area (TPSA) is 78.9 Å². The standard InChI is InChI=1S/C15H28N2O4/c1-14(2,3)21-13(20)16-11-7-6-8-17(9-11)10-15(4,5)12(18)19/h11H,6-10H2,1-5H3,(H,16,20)(H,18,19). The number of aliphatic carboxylic acids is 1. The van der Waals surface area contributed by atoms with E-state index in [1.165, 1.54) is 0 Å². The minimum Gasteiger partial charge on any atom is -0.481 e. The van der Waals surface area contributed by atoms with Gasteiger partial charge in [-0.1, -0.05) is 0 Å². The molecule has 0 spiro atoms.